The maximum atomic E-state index is 6.35. The van der Waals surface area contributed by atoms with E-state index in [1.54, 1.807) is 0 Å². The molecule has 0 bridgehead atoms. The van der Waals surface area contributed by atoms with Crippen LogP contribution in [0.3, 0.4) is 0 Å². The fraction of sp³-hybridized carbons (Fsp3) is 0.438. The first kappa shape index (κ1) is 13.7. The molecular formula is C16H18ClN3S. The Morgan fingerprint density at radius 1 is 1.33 bits per heavy atom. The molecular weight excluding hydrogens is 302 g/mol. The highest BCUT2D eigenvalue weighted by Crippen LogP contribution is 2.34. The molecule has 1 N–H and O–H groups in total. The summed E-state index contributed by atoms with van der Waals surface area (Å²) in [6, 6.07) is 8.72. The summed E-state index contributed by atoms with van der Waals surface area (Å²) in [6.45, 7) is 2.14. The van der Waals surface area contributed by atoms with Gasteiger partial charge in [-0.2, -0.15) is 16.9 Å². The van der Waals surface area contributed by atoms with E-state index in [-0.39, 0.29) is 0 Å². The minimum absolute atomic E-state index is 0.733. The molecule has 3 nitrogen and oxygen atoms in total. The van der Waals surface area contributed by atoms with Crippen LogP contribution in [0.2, 0.25) is 5.02 Å². The average Bonchev–Trinajstić information content (AvgIpc) is 3.17. The Hall–Kier alpha value is -0.970. The fourth-order valence-electron chi connectivity index (χ4n) is 3.31. The largest absolute Gasteiger partial charge is 0.295 e. The Bertz CT molecular complexity index is 649. The van der Waals surface area contributed by atoms with Gasteiger partial charge in [0, 0.05) is 48.1 Å². The maximum Gasteiger partial charge on any atom is 0.0983 e. The van der Waals surface area contributed by atoms with Crippen molar-refractivity contribution in [2.75, 3.05) is 18.1 Å². The van der Waals surface area contributed by atoms with Gasteiger partial charge in [0.25, 0.3) is 0 Å². The van der Waals surface area contributed by atoms with Crippen LogP contribution in [0, 0.1) is 0 Å². The lowest BCUT2D eigenvalue weighted by atomic mass is 9.99. The van der Waals surface area contributed by atoms with E-state index in [2.05, 4.69) is 32.9 Å². The van der Waals surface area contributed by atoms with Gasteiger partial charge in [0.15, 0.2) is 0 Å². The molecule has 0 saturated carbocycles. The zero-order valence-corrected chi connectivity index (χ0v) is 13.4. The number of rotatable bonds is 2. The predicted octanol–water partition coefficient (Wildman–Crippen LogP) is 3.59. The van der Waals surface area contributed by atoms with E-state index in [9.17, 15) is 0 Å². The average molecular weight is 320 g/mol. The third-order valence-corrected chi connectivity index (χ3v) is 5.99. The fourth-order valence-corrected chi connectivity index (χ4v) is 4.79. The Kier molecular flexibility index (Phi) is 3.69. The number of fused-ring (bicyclic) bond motifs is 1. The first-order valence-electron chi connectivity index (χ1n) is 7.46. The summed E-state index contributed by atoms with van der Waals surface area (Å²) < 4.78 is 0. The third-order valence-electron chi connectivity index (χ3n) is 4.51. The van der Waals surface area contributed by atoms with E-state index in [0.717, 1.165) is 41.8 Å². The van der Waals surface area contributed by atoms with Gasteiger partial charge in [-0.1, -0.05) is 29.8 Å². The van der Waals surface area contributed by atoms with Gasteiger partial charge in [0.1, 0.15) is 0 Å². The number of benzene rings is 1. The Morgan fingerprint density at radius 2 is 2.24 bits per heavy atom. The lowest BCUT2D eigenvalue weighted by Gasteiger charge is -2.32. The molecule has 1 aromatic heterocycles. The second-order valence-corrected chi connectivity index (χ2v) is 7.30. The molecule has 110 valence electrons. The molecule has 0 aliphatic carbocycles. The van der Waals surface area contributed by atoms with Gasteiger partial charge >= 0.3 is 0 Å². The van der Waals surface area contributed by atoms with Crippen LogP contribution in [0.5, 0.6) is 0 Å². The second-order valence-electron chi connectivity index (χ2n) is 5.75. The molecule has 3 heterocycles. The van der Waals surface area contributed by atoms with E-state index in [1.807, 2.05) is 18.2 Å². The molecule has 1 aromatic carbocycles. The SMILES string of the molecule is Clc1ccccc1-c1n[nH]c2c1CN([C@@H]1CCSC1)CC2. The van der Waals surface area contributed by atoms with E-state index < -0.39 is 0 Å². The number of thioether (sulfide) groups is 1. The topological polar surface area (TPSA) is 31.9 Å². The summed E-state index contributed by atoms with van der Waals surface area (Å²) in [5.74, 6) is 2.57. The quantitative estimate of drug-likeness (QED) is 0.918. The van der Waals surface area contributed by atoms with Gasteiger partial charge in [-0.15, -0.1) is 0 Å². The number of halogens is 1. The molecule has 0 radical (unpaired) electrons. The molecule has 1 atom stereocenters. The smallest absolute Gasteiger partial charge is 0.0983 e. The van der Waals surface area contributed by atoms with Crippen LogP contribution in [0.15, 0.2) is 24.3 Å². The molecule has 2 aliphatic heterocycles. The summed E-state index contributed by atoms with van der Waals surface area (Å²) in [6.07, 6.45) is 2.38. The van der Waals surface area contributed by atoms with Crippen LogP contribution in [-0.2, 0) is 13.0 Å². The normalized spacial score (nSPS) is 22.4. The summed E-state index contributed by atoms with van der Waals surface area (Å²) in [5.41, 5.74) is 4.70. The monoisotopic (exact) mass is 319 g/mol. The van der Waals surface area contributed by atoms with Crippen molar-refractivity contribution in [2.24, 2.45) is 0 Å². The molecule has 5 heteroatoms. The van der Waals surface area contributed by atoms with Crippen LogP contribution in [0.4, 0.5) is 0 Å². The molecule has 0 amide bonds. The number of aromatic amines is 1. The minimum Gasteiger partial charge on any atom is -0.295 e. The maximum absolute atomic E-state index is 6.35. The molecule has 4 rings (SSSR count). The summed E-state index contributed by atoms with van der Waals surface area (Å²) >= 11 is 8.43. The van der Waals surface area contributed by atoms with Crippen molar-refractivity contribution >= 4 is 23.4 Å². The second kappa shape index (κ2) is 5.67. The Balaban J connectivity index is 1.67. The van der Waals surface area contributed by atoms with Crippen molar-refractivity contribution < 1.29 is 0 Å². The lowest BCUT2D eigenvalue weighted by Crippen LogP contribution is -2.39. The van der Waals surface area contributed by atoms with Gasteiger partial charge in [-0.25, -0.2) is 0 Å². The first-order chi connectivity index (χ1) is 10.3. The molecule has 0 unspecified atom stereocenters. The zero-order chi connectivity index (χ0) is 14.2. The van der Waals surface area contributed by atoms with E-state index in [1.165, 1.54) is 29.2 Å². The van der Waals surface area contributed by atoms with Crippen molar-refractivity contribution in [3.8, 4) is 11.3 Å². The van der Waals surface area contributed by atoms with Crippen LogP contribution in [0.25, 0.3) is 11.3 Å². The predicted molar refractivity (Wildman–Crippen MR) is 88.9 cm³/mol. The van der Waals surface area contributed by atoms with E-state index in [4.69, 9.17) is 11.6 Å². The van der Waals surface area contributed by atoms with Gasteiger partial charge in [0.2, 0.25) is 0 Å². The van der Waals surface area contributed by atoms with Crippen LogP contribution >= 0.6 is 23.4 Å². The highest BCUT2D eigenvalue weighted by Gasteiger charge is 2.29. The molecule has 2 aromatic rings. The zero-order valence-electron chi connectivity index (χ0n) is 11.8. The summed E-state index contributed by atoms with van der Waals surface area (Å²) in [7, 11) is 0. The van der Waals surface area contributed by atoms with E-state index >= 15 is 0 Å². The van der Waals surface area contributed by atoms with Crippen LogP contribution in [0.1, 0.15) is 17.7 Å². The van der Waals surface area contributed by atoms with Crippen molar-refractivity contribution in [1.82, 2.24) is 15.1 Å². The van der Waals surface area contributed by atoms with Crippen molar-refractivity contribution in [3.05, 3.63) is 40.5 Å². The number of nitrogens with zero attached hydrogens (tertiary/aromatic N) is 2. The number of H-pyrrole nitrogens is 1. The highest BCUT2D eigenvalue weighted by molar-refractivity contribution is 7.99. The molecule has 1 fully saturated rings. The number of hydrogen-bond donors (Lipinski definition) is 1. The Labute approximate surface area is 134 Å². The van der Waals surface area contributed by atoms with Gasteiger partial charge in [0.05, 0.1) is 10.7 Å². The molecule has 2 aliphatic rings. The van der Waals surface area contributed by atoms with E-state index in [0.29, 0.717) is 0 Å². The summed E-state index contributed by atoms with van der Waals surface area (Å²) in [5, 5.41) is 8.55. The molecule has 21 heavy (non-hydrogen) atoms. The van der Waals surface area contributed by atoms with Crippen molar-refractivity contribution in [1.29, 1.82) is 0 Å². The number of aromatic nitrogens is 2. The first-order valence-corrected chi connectivity index (χ1v) is 8.99. The van der Waals surface area contributed by atoms with Crippen LogP contribution in [-0.4, -0.2) is 39.2 Å². The van der Waals surface area contributed by atoms with Gasteiger partial charge in [-0.3, -0.25) is 10.00 Å². The third kappa shape index (κ3) is 2.50. The number of hydrogen-bond acceptors (Lipinski definition) is 3. The Morgan fingerprint density at radius 3 is 3.05 bits per heavy atom. The summed E-state index contributed by atoms with van der Waals surface area (Å²) in [4.78, 5) is 2.62. The molecule has 1 saturated heterocycles. The van der Waals surface area contributed by atoms with Crippen LogP contribution < -0.4 is 0 Å². The standard InChI is InChI=1S/C16H18ClN3S/c17-14-4-2-1-3-12(14)16-13-9-20(11-6-8-21-10-11)7-5-15(13)18-19-16/h1-4,11H,5-10H2,(H,18,19)/t11-/m1/s1. The van der Waals surface area contributed by atoms with Gasteiger partial charge in [-0.05, 0) is 18.2 Å². The van der Waals surface area contributed by atoms with Crippen molar-refractivity contribution in [3.63, 3.8) is 0 Å². The van der Waals surface area contributed by atoms with Gasteiger partial charge < -0.3 is 0 Å². The molecule has 0 spiro atoms. The lowest BCUT2D eigenvalue weighted by molar-refractivity contribution is 0.194. The highest BCUT2D eigenvalue weighted by atomic mass is 35.5. The number of nitrogens with one attached hydrogen (secondary N) is 1. The minimum atomic E-state index is 0.733. The van der Waals surface area contributed by atoms with Crippen molar-refractivity contribution in [2.45, 2.75) is 25.4 Å².